The third-order valence-corrected chi connectivity index (χ3v) is 13.9. The first-order valence-electron chi connectivity index (χ1n) is 31.9. The molecule has 6 nitrogen and oxygen atoms in total. The van der Waals surface area contributed by atoms with Crippen LogP contribution in [0, 0.1) is 0 Å². The maximum Gasteiger partial charge on any atom is 0.0414 e. The molecule has 0 atom stereocenters. The Morgan fingerprint density at radius 3 is 0.472 bits per heavy atom. The minimum Gasteiger partial charge on any atom is -0.550 e. The summed E-state index contributed by atoms with van der Waals surface area (Å²) in [5.41, 5.74) is 0. The summed E-state index contributed by atoms with van der Waals surface area (Å²) in [4.78, 5) is 30.8. The van der Waals surface area contributed by atoms with E-state index in [0.29, 0.717) is 0 Å². The van der Waals surface area contributed by atoms with Gasteiger partial charge in [0, 0.05) is 17.9 Å². The lowest BCUT2D eigenvalue weighted by Crippen LogP contribution is -2.21. The number of carbonyl (C=O) groups excluding carboxylic acids is 3. The number of hydrogen-bond donors (Lipinski definition) is 0. The van der Waals surface area contributed by atoms with Crippen LogP contribution in [0.15, 0.2) is 36.5 Å². The maximum atomic E-state index is 10.3. The van der Waals surface area contributed by atoms with Gasteiger partial charge in [0.1, 0.15) is 0 Å². The van der Waals surface area contributed by atoms with Crippen molar-refractivity contribution in [3.05, 3.63) is 36.5 Å². The van der Waals surface area contributed by atoms with Crippen LogP contribution in [0.4, 0.5) is 0 Å². The highest BCUT2D eigenvalue weighted by molar-refractivity contribution is 5.64. The SMILES string of the molecule is CCCCCCCC/C=C\CCCCCCCCCCCC(=O)[O-].CCCCCCCC/C=C\CCCCCCCCCCCC(=O)[O-].CCCCCCCC/C=C\CCCCCCCCCCCC(=O)[O-]. The van der Waals surface area contributed by atoms with E-state index < -0.39 is 17.9 Å². The molecule has 0 aliphatic carbocycles. The van der Waals surface area contributed by atoms with E-state index in [4.69, 9.17) is 0 Å². The van der Waals surface area contributed by atoms with Gasteiger partial charge in [-0.25, -0.2) is 0 Å². The lowest BCUT2D eigenvalue weighted by molar-refractivity contribution is -0.307. The van der Waals surface area contributed by atoms with Gasteiger partial charge in [0.25, 0.3) is 0 Å². The van der Waals surface area contributed by atoms with Crippen molar-refractivity contribution in [2.75, 3.05) is 0 Å². The van der Waals surface area contributed by atoms with Crippen LogP contribution in [0.1, 0.15) is 367 Å². The summed E-state index contributed by atoms with van der Waals surface area (Å²) in [6, 6.07) is 0. The second-order valence-electron chi connectivity index (χ2n) is 21.4. The Morgan fingerprint density at radius 2 is 0.333 bits per heavy atom. The number of carbonyl (C=O) groups is 3. The molecule has 0 saturated carbocycles. The van der Waals surface area contributed by atoms with E-state index in [0.717, 1.165) is 38.5 Å². The van der Waals surface area contributed by atoms with E-state index in [-0.39, 0.29) is 19.3 Å². The van der Waals surface area contributed by atoms with Gasteiger partial charge in [-0.1, -0.05) is 288 Å². The van der Waals surface area contributed by atoms with Crippen molar-refractivity contribution in [1.29, 1.82) is 0 Å². The summed E-state index contributed by atoms with van der Waals surface area (Å²) in [5.74, 6) is -2.72. The maximum absolute atomic E-state index is 10.3. The number of rotatable bonds is 57. The predicted octanol–water partition coefficient (Wildman–Crippen LogP) is 19.0. The van der Waals surface area contributed by atoms with E-state index >= 15 is 0 Å². The number of carboxylic acid groups (broad SMARTS) is 3. The van der Waals surface area contributed by atoms with Crippen molar-refractivity contribution in [2.45, 2.75) is 367 Å². The van der Waals surface area contributed by atoms with Crippen LogP contribution in [0.5, 0.6) is 0 Å². The Bertz CT molecular complexity index is 989. The molecule has 0 N–H and O–H groups in total. The average Bonchev–Trinajstić information content (AvgIpc) is 3.36. The van der Waals surface area contributed by atoms with E-state index in [2.05, 4.69) is 57.2 Å². The van der Waals surface area contributed by atoms with E-state index in [1.54, 1.807) is 0 Å². The van der Waals surface area contributed by atoms with Crippen molar-refractivity contribution in [3.8, 4) is 0 Å². The minimum atomic E-state index is -0.906. The molecule has 0 bridgehead atoms. The second kappa shape index (κ2) is 70.7. The van der Waals surface area contributed by atoms with Crippen LogP contribution in [-0.2, 0) is 14.4 Å². The summed E-state index contributed by atoms with van der Waals surface area (Å²) in [6.07, 6.45) is 80.3. The van der Waals surface area contributed by atoms with E-state index in [1.807, 2.05) is 0 Å². The largest absolute Gasteiger partial charge is 0.550 e. The third kappa shape index (κ3) is 81.7. The molecule has 0 fully saturated rings. The molecular formula is C66H123O6-3. The number of allylic oxidation sites excluding steroid dienone is 6. The van der Waals surface area contributed by atoms with Crippen LogP contribution in [0.25, 0.3) is 0 Å². The van der Waals surface area contributed by atoms with Gasteiger partial charge in [-0.05, 0) is 116 Å². The summed E-state index contributed by atoms with van der Waals surface area (Å²) < 4.78 is 0. The Labute approximate surface area is 449 Å². The van der Waals surface area contributed by atoms with Crippen molar-refractivity contribution >= 4 is 17.9 Å². The highest BCUT2D eigenvalue weighted by Crippen LogP contribution is 2.16. The van der Waals surface area contributed by atoms with E-state index in [1.165, 1.54) is 289 Å². The summed E-state index contributed by atoms with van der Waals surface area (Å²) in [7, 11) is 0. The van der Waals surface area contributed by atoms with E-state index in [9.17, 15) is 29.7 Å². The quantitative estimate of drug-likeness (QED) is 0.0442. The molecule has 0 saturated heterocycles. The summed E-state index contributed by atoms with van der Waals surface area (Å²) >= 11 is 0. The van der Waals surface area contributed by atoms with Gasteiger partial charge in [-0.3, -0.25) is 0 Å². The molecule has 0 rings (SSSR count). The van der Waals surface area contributed by atoms with Crippen LogP contribution in [0.3, 0.4) is 0 Å². The van der Waals surface area contributed by atoms with Crippen LogP contribution >= 0.6 is 0 Å². The highest BCUT2D eigenvalue weighted by atomic mass is 16.4. The molecule has 0 heterocycles. The van der Waals surface area contributed by atoms with Crippen molar-refractivity contribution in [1.82, 2.24) is 0 Å². The molecule has 0 aromatic rings. The lowest BCUT2D eigenvalue weighted by atomic mass is 10.1. The van der Waals surface area contributed by atoms with Gasteiger partial charge in [0.05, 0.1) is 0 Å². The number of carboxylic acids is 3. The molecule has 72 heavy (non-hydrogen) atoms. The molecule has 0 aliphatic heterocycles. The zero-order valence-corrected chi connectivity index (χ0v) is 48.6. The van der Waals surface area contributed by atoms with Gasteiger partial charge in [0.2, 0.25) is 0 Å². The molecule has 0 aromatic heterocycles. The summed E-state index contributed by atoms with van der Waals surface area (Å²) in [5, 5.41) is 30.8. The van der Waals surface area contributed by atoms with Crippen molar-refractivity contribution in [3.63, 3.8) is 0 Å². The fourth-order valence-electron chi connectivity index (χ4n) is 9.14. The van der Waals surface area contributed by atoms with Crippen LogP contribution < -0.4 is 15.3 Å². The normalized spacial score (nSPS) is 11.4. The first-order chi connectivity index (χ1) is 35.3. The smallest absolute Gasteiger partial charge is 0.0414 e. The number of aliphatic carboxylic acids is 3. The first-order valence-corrected chi connectivity index (χ1v) is 31.9. The van der Waals surface area contributed by atoms with Gasteiger partial charge < -0.3 is 29.7 Å². The first kappa shape index (κ1) is 73.9. The minimum absolute atomic E-state index is 0.229. The Balaban J connectivity index is -0.000000992. The predicted molar refractivity (Wildman–Crippen MR) is 309 cm³/mol. The Hall–Kier alpha value is -2.37. The van der Waals surface area contributed by atoms with Gasteiger partial charge in [-0.2, -0.15) is 0 Å². The molecule has 0 unspecified atom stereocenters. The fourth-order valence-corrected chi connectivity index (χ4v) is 9.14. The molecule has 6 heteroatoms. The average molecular weight is 1010 g/mol. The highest BCUT2D eigenvalue weighted by Gasteiger charge is 1.97. The second-order valence-corrected chi connectivity index (χ2v) is 21.4. The topological polar surface area (TPSA) is 120 Å². The molecule has 0 amide bonds. The standard InChI is InChI=1S/3C22H42O2/c3*1-2-3-4-5-6-7-8-9-10-11-12-13-14-15-16-17-18-19-20-21-22(23)24/h3*9-10H,2-8,11-21H2,1H3,(H,23,24)/p-3/b3*10-9-. The lowest BCUT2D eigenvalue weighted by Gasteiger charge is -2.03. The summed E-state index contributed by atoms with van der Waals surface area (Å²) in [6.45, 7) is 6.81. The third-order valence-electron chi connectivity index (χ3n) is 13.9. The zero-order valence-electron chi connectivity index (χ0n) is 48.6. The monoisotopic (exact) mass is 1010 g/mol. The van der Waals surface area contributed by atoms with Crippen LogP contribution in [0.2, 0.25) is 0 Å². The van der Waals surface area contributed by atoms with Gasteiger partial charge in [0.15, 0.2) is 0 Å². The van der Waals surface area contributed by atoms with Crippen molar-refractivity contribution < 1.29 is 29.7 Å². The zero-order chi connectivity index (χ0) is 53.2. The number of hydrogen-bond acceptors (Lipinski definition) is 6. The molecule has 0 aromatic carbocycles. The number of unbranched alkanes of at least 4 members (excludes halogenated alkanes) is 45. The fraction of sp³-hybridized carbons (Fsp3) is 0.864. The Kier molecular flexibility index (Phi) is 72.5. The molecule has 426 valence electrons. The molecular weight excluding hydrogens is 889 g/mol. The molecule has 0 radical (unpaired) electrons. The Morgan fingerprint density at radius 1 is 0.208 bits per heavy atom. The van der Waals surface area contributed by atoms with Crippen LogP contribution in [-0.4, -0.2) is 17.9 Å². The van der Waals surface area contributed by atoms with Gasteiger partial charge in [-0.15, -0.1) is 0 Å². The van der Waals surface area contributed by atoms with Gasteiger partial charge >= 0.3 is 0 Å². The molecule has 0 aliphatic rings. The molecule has 0 spiro atoms. The van der Waals surface area contributed by atoms with Crippen molar-refractivity contribution in [2.24, 2.45) is 0 Å².